The van der Waals surface area contributed by atoms with Crippen molar-refractivity contribution in [3.05, 3.63) is 59.9 Å². The number of hydrogen-bond donors (Lipinski definition) is 2. The molecular formula is C17H18N2O4. The summed E-state index contributed by atoms with van der Waals surface area (Å²) in [5.41, 5.74) is 0.825. The number of aromatic nitrogens is 1. The monoisotopic (exact) mass is 314 g/mol. The molecule has 6 nitrogen and oxygen atoms in total. The third-order valence-corrected chi connectivity index (χ3v) is 3.70. The molecule has 3 rings (SSSR count). The fourth-order valence-corrected chi connectivity index (χ4v) is 2.40. The van der Waals surface area contributed by atoms with Gasteiger partial charge in [0.25, 0.3) is 0 Å². The second kappa shape index (κ2) is 6.76. The van der Waals surface area contributed by atoms with Crippen molar-refractivity contribution in [1.82, 2.24) is 4.98 Å². The van der Waals surface area contributed by atoms with E-state index in [1.54, 1.807) is 18.3 Å². The number of benzene rings is 1. The molecule has 2 aromatic rings. The second-order valence-electron chi connectivity index (χ2n) is 5.45. The minimum absolute atomic E-state index is 0.197. The Bertz CT molecular complexity index is 669. The molecule has 23 heavy (non-hydrogen) atoms. The van der Waals surface area contributed by atoms with Gasteiger partial charge in [-0.25, -0.2) is 4.79 Å². The molecule has 1 aliphatic heterocycles. The van der Waals surface area contributed by atoms with Gasteiger partial charge < -0.3 is 14.6 Å². The van der Waals surface area contributed by atoms with Crippen molar-refractivity contribution in [3.8, 4) is 0 Å². The molecule has 1 aromatic carbocycles. The van der Waals surface area contributed by atoms with Gasteiger partial charge in [-0.05, 0) is 17.7 Å². The van der Waals surface area contributed by atoms with Crippen LogP contribution in [0.3, 0.4) is 0 Å². The van der Waals surface area contributed by atoms with E-state index in [1.807, 2.05) is 30.3 Å². The fourth-order valence-electron chi connectivity index (χ4n) is 2.40. The number of nitrogens with one attached hydrogen (secondary N) is 1. The van der Waals surface area contributed by atoms with Crippen LogP contribution in [-0.4, -0.2) is 29.4 Å². The van der Waals surface area contributed by atoms with Crippen LogP contribution in [0.1, 0.15) is 17.7 Å². The summed E-state index contributed by atoms with van der Waals surface area (Å²) in [6.45, 7) is 0.902. The Morgan fingerprint density at radius 2 is 2.17 bits per heavy atom. The molecule has 0 bridgehead atoms. The van der Waals surface area contributed by atoms with Crippen LogP contribution in [0, 0.1) is 0 Å². The van der Waals surface area contributed by atoms with E-state index in [9.17, 15) is 9.90 Å². The quantitative estimate of drug-likeness (QED) is 0.906. The van der Waals surface area contributed by atoms with Crippen molar-refractivity contribution in [1.29, 1.82) is 0 Å². The van der Waals surface area contributed by atoms with Crippen molar-refractivity contribution < 1.29 is 19.4 Å². The Kier molecular flexibility index (Phi) is 4.55. The highest BCUT2D eigenvalue weighted by atomic mass is 16.5. The number of ether oxygens (including phenoxy) is 2. The van der Waals surface area contributed by atoms with E-state index < -0.39 is 11.7 Å². The van der Waals surface area contributed by atoms with Crippen LogP contribution in [0.15, 0.2) is 48.7 Å². The Hall–Kier alpha value is -2.44. The van der Waals surface area contributed by atoms with Gasteiger partial charge in [-0.1, -0.05) is 30.3 Å². The van der Waals surface area contributed by atoms with E-state index in [4.69, 9.17) is 9.47 Å². The maximum Gasteiger partial charge on any atom is 0.411 e. The van der Waals surface area contributed by atoms with Gasteiger partial charge in [0.15, 0.2) is 0 Å². The average molecular weight is 314 g/mol. The van der Waals surface area contributed by atoms with Gasteiger partial charge in [0.05, 0.1) is 12.3 Å². The van der Waals surface area contributed by atoms with Crippen molar-refractivity contribution in [2.45, 2.75) is 18.6 Å². The lowest BCUT2D eigenvalue weighted by molar-refractivity contribution is 0.0195. The summed E-state index contributed by atoms with van der Waals surface area (Å²) in [7, 11) is 0. The molecule has 1 unspecified atom stereocenters. The highest BCUT2D eigenvalue weighted by molar-refractivity contribution is 5.84. The lowest BCUT2D eigenvalue weighted by Crippen LogP contribution is -2.27. The van der Waals surface area contributed by atoms with Gasteiger partial charge in [-0.15, -0.1) is 0 Å². The summed E-state index contributed by atoms with van der Waals surface area (Å²) in [6.07, 6.45) is 1.47. The molecule has 120 valence electrons. The Morgan fingerprint density at radius 3 is 2.91 bits per heavy atom. The third-order valence-electron chi connectivity index (χ3n) is 3.70. The van der Waals surface area contributed by atoms with Crippen LogP contribution in [0.2, 0.25) is 0 Å². The van der Waals surface area contributed by atoms with E-state index in [0.29, 0.717) is 24.4 Å². The van der Waals surface area contributed by atoms with Gasteiger partial charge in [0, 0.05) is 24.9 Å². The van der Waals surface area contributed by atoms with E-state index >= 15 is 0 Å². The highest BCUT2D eigenvalue weighted by Gasteiger charge is 2.35. The predicted molar refractivity (Wildman–Crippen MR) is 83.8 cm³/mol. The largest absolute Gasteiger partial charge is 0.444 e. The first kappa shape index (κ1) is 15.5. The number of carbonyl (C=O) groups is 1. The first-order chi connectivity index (χ1) is 11.2. The zero-order valence-corrected chi connectivity index (χ0v) is 12.6. The van der Waals surface area contributed by atoms with Crippen molar-refractivity contribution in [3.63, 3.8) is 0 Å². The number of nitrogens with zero attached hydrogens (tertiary/aromatic N) is 1. The minimum Gasteiger partial charge on any atom is -0.444 e. The first-order valence-electron chi connectivity index (χ1n) is 7.40. The van der Waals surface area contributed by atoms with Crippen LogP contribution in [0.25, 0.3) is 0 Å². The number of pyridine rings is 1. The third kappa shape index (κ3) is 3.85. The minimum atomic E-state index is -1.09. The van der Waals surface area contributed by atoms with Crippen molar-refractivity contribution >= 4 is 11.8 Å². The lowest BCUT2D eigenvalue weighted by atomic mass is 9.98. The fraction of sp³-hybridized carbons (Fsp3) is 0.294. The molecule has 1 amide bonds. The maximum absolute atomic E-state index is 11.9. The number of aliphatic hydroxyl groups is 1. The molecule has 2 heterocycles. The SMILES string of the molecule is O=C(Nc1ccnc(C2(O)CCOC2)c1)OCc1ccccc1. The summed E-state index contributed by atoms with van der Waals surface area (Å²) in [4.78, 5) is 16.0. The van der Waals surface area contributed by atoms with Gasteiger partial charge in [0.2, 0.25) is 0 Å². The van der Waals surface area contributed by atoms with Gasteiger partial charge in [-0.3, -0.25) is 10.3 Å². The molecule has 1 aromatic heterocycles. The number of hydrogen-bond acceptors (Lipinski definition) is 5. The molecule has 1 fully saturated rings. The van der Waals surface area contributed by atoms with E-state index in [1.165, 1.54) is 0 Å². The van der Waals surface area contributed by atoms with Crippen LogP contribution in [0.4, 0.5) is 10.5 Å². The van der Waals surface area contributed by atoms with Crippen LogP contribution >= 0.6 is 0 Å². The zero-order valence-electron chi connectivity index (χ0n) is 12.6. The molecule has 1 atom stereocenters. The number of carbonyl (C=O) groups excluding carboxylic acids is 1. The number of rotatable bonds is 4. The van der Waals surface area contributed by atoms with Crippen LogP contribution in [-0.2, 0) is 21.7 Å². The number of amides is 1. The summed E-state index contributed by atoms with van der Waals surface area (Å²) in [5, 5.41) is 13.1. The predicted octanol–water partition coefficient (Wildman–Crippen LogP) is 2.44. The Labute approximate surface area is 134 Å². The Balaban J connectivity index is 1.60. The molecule has 0 aliphatic carbocycles. The molecule has 1 aliphatic rings. The normalized spacial score (nSPS) is 20.2. The smallest absolute Gasteiger partial charge is 0.411 e. The summed E-state index contributed by atoms with van der Waals surface area (Å²) < 4.78 is 10.4. The molecule has 2 N–H and O–H groups in total. The topological polar surface area (TPSA) is 80.7 Å². The summed E-state index contributed by atoms with van der Waals surface area (Å²) in [6, 6.07) is 12.7. The molecule has 0 spiro atoms. The molecule has 0 radical (unpaired) electrons. The van der Waals surface area contributed by atoms with E-state index in [2.05, 4.69) is 10.3 Å². The summed E-state index contributed by atoms with van der Waals surface area (Å²) in [5.74, 6) is 0. The first-order valence-corrected chi connectivity index (χ1v) is 7.40. The molecular weight excluding hydrogens is 296 g/mol. The molecule has 6 heteroatoms. The second-order valence-corrected chi connectivity index (χ2v) is 5.45. The van der Waals surface area contributed by atoms with Gasteiger partial charge in [-0.2, -0.15) is 0 Å². The highest BCUT2D eigenvalue weighted by Crippen LogP contribution is 2.29. The molecule has 1 saturated heterocycles. The van der Waals surface area contributed by atoms with Gasteiger partial charge >= 0.3 is 6.09 Å². The maximum atomic E-state index is 11.9. The van der Waals surface area contributed by atoms with Crippen molar-refractivity contribution in [2.75, 3.05) is 18.5 Å². The Morgan fingerprint density at radius 1 is 1.35 bits per heavy atom. The zero-order chi connectivity index (χ0) is 16.1. The number of anilines is 1. The average Bonchev–Trinajstić information content (AvgIpc) is 3.02. The van der Waals surface area contributed by atoms with E-state index in [0.717, 1.165) is 5.56 Å². The molecule has 0 saturated carbocycles. The van der Waals surface area contributed by atoms with Crippen molar-refractivity contribution in [2.24, 2.45) is 0 Å². The van der Waals surface area contributed by atoms with Crippen LogP contribution in [0.5, 0.6) is 0 Å². The van der Waals surface area contributed by atoms with E-state index in [-0.39, 0.29) is 13.2 Å². The lowest BCUT2D eigenvalue weighted by Gasteiger charge is -2.20. The van der Waals surface area contributed by atoms with Crippen LogP contribution < -0.4 is 5.32 Å². The van der Waals surface area contributed by atoms with Gasteiger partial charge in [0.1, 0.15) is 12.2 Å². The standard InChI is InChI=1S/C17H18N2O4/c20-16(23-11-13-4-2-1-3-5-13)19-14-6-8-18-15(10-14)17(21)7-9-22-12-17/h1-6,8,10,21H,7,9,11-12H2,(H,18,19,20). The summed E-state index contributed by atoms with van der Waals surface area (Å²) >= 11 is 0.